The Balaban J connectivity index is 2.18. The van der Waals surface area contributed by atoms with E-state index in [1.165, 1.54) is 11.7 Å². The van der Waals surface area contributed by atoms with Gasteiger partial charge in [-0.1, -0.05) is 18.2 Å². The van der Waals surface area contributed by atoms with E-state index in [0.29, 0.717) is 6.42 Å². The van der Waals surface area contributed by atoms with E-state index in [0.717, 1.165) is 17.0 Å². The first-order chi connectivity index (χ1) is 8.35. The SMILES string of the molecule is COc1ccccc1CC(NN)c1cnsn1. The van der Waals surface area contributed by atoms with Gasteiger partial charge in [-0.3, -0.25) is 11.3 Å². The van der Waals surface area contributed by atoms with Crippen LogP contribution < -0.4 is 16.0 Å². The average molecular weight is 250 g/mol. The van der Waals surface area contributed by atoms with Crippen LogP contribution in [0.5, 0.6) is 5.75 Å². The van der Waals surface area contributed by atoms with Gasteiger partial charge in [-0.25, -0.2) is 0 Å². The summed E-state index contributed by atoms with van der Waals surface area (Å²) >= 11 is 1.18. The molecular weight excluding hydrogens is 236 g/mol. The van der Waals surface area contributed by atoms with Gasteiger partial charge in [0.25, 0.3) is 0 Å². The lowest BCUT2D eigenvalue weighted by molar-refractivity contribution is 0.405. The summed E-state index contributed by atoms with van der Waals surface area (Å²) in [7, 11) is 1.66. The fourth-order valence-corrected chi connectivity index (χ4v) is 2.14. The molecule has 0 aliphatic heterocycles. The quantitative estimate of drug-likeness (QED) is 0.618. The van der Waals surface area contributed by atoms with E-state index in [4.69, 9.17) is 10.6 Å². The van der Waals surface area contributed by atoms with Gasteiger partial charge >= 0.3 is 0 Å². The van der Waals surface area contributed by atoms with Crippen LogP contribution in [0.4, 0.5) is 0 Å². The van der Waals surface area contributed by atoms with Crippen molar-refractivity contribution in [2.24, 2.45) is 5.84 Å². The molecule has 5 nitrogen and oxygen atoms in total. The number of hydrogen-bond donors (Lipinski definition) is 2. The van der Waals surface area contributed by atoms with Crippen molar-refractivity contribution in [3.63, 3.8) is 0 Å². The third kappa shape index (κ3) is 2.79. The maximum absolute atomic E-state index is 5.55. The normalized spacial score (nSPS) is 12.4. The van der Waals surface area contributed by atoms with E-state index < -0.39 is 0 Å². The van der Waals surface area contributed by atoms with Crippen molar-refractivity contribution in [2.45, 2.75) is 12.5 Å². The molecule has 0 bridgehead atoms. The summed E-state index contributed by atoms with van der Waals surface area (Å²) in [6, 6.07) is 7.82. The molecule has 1 heterocycles. The Kier molecular flexibility index (Phi) is 4.03. The van der Waals surface area contributed by atoms with Crippen molar-refractivity contribution < 1.29 is 4.74 Å². The number of benzene rings is 1. The summed E-state index contributed by atoms with van der Waals surface area (Å²) in [5.74, 6) is 6.41. The van der Waals surface area contributed by atoms with Crippen molar-refractivity contribution in [2.75, 3.05) is 7.11 Å². The van der Waals surface area contributed by atoms with Crippen LogP contribution in [0, 0.1) is 0 Å². The standard InChI is InChI=1S/C11H14N4OS/c1-16-11-5-3-2-4-8(11)6-9(14-12)10-7-13-17-15-10/h2-5,7,9,14H,6,12H2,1H3. The first-order valence-corrected chi connectivity index (χ1v) is 5.93. The Hall–Kier alpha value is -1.50. The number of hydrogen-bond acceptors (Lipinski definition) is 6. The number of nitrogens with zero attached hydrogens (tertiary/aromatic N) is 2. The molecule has 0 spiro atoms. The lowest BCUT2D eigenvalue weighted by Gasteiger charge is -2.15. The summed E-state index contributed by atoms with van der Waals surface area (Å²) in [5, 5.41) is 0. The smallest absolute Gasteiger partial charge is 0.122 e. The van der Waals surface area contributed by atoms with E-state index in [2.05, 4.69) is 14.2 Å². The summed E-state index contributed by atoms with van der Waals surface area (Å²) in [5.41, 5.74) is 4.69. The van der Waals surface area contributed by atoms with Crippen LogP contribution in [-0.2, 0) is 6.42 Å². The fourth-order valence-electron chi connectivity index (χ4n) is 1.67. The number of hydrazine groups is 1. The number of ether oxygens (including phenoxy) is 1. The van der Waals surface area contributed by atoms with E-state index in [-0.39, 0.29) is 6.04 Å². The number of rotatable bonds is 5. The second-order valence-corrected chi connectivity index (χ2v) is 4.12. The van der Waals surface area contributed by atoms with Gasteiger partial charge in [0, 0.05) is 0 Å². The molecule has 1 atom stereocenters. The van der Waals surface area contributed by atoms with Crippen molar-refractivity contribution >= 4 is 11.7 Å². The van der Waals surface area contributed by atoms with E-state index in [1.807, 2.05) is 24.3 Å². The van der Waals surface area contributed by atoms with Gasteiger partial charge in [-0.05, 0) is 18.1 Å². The highest BCUT2D eigenvalue weighted by Crippen LogP contribution is 2.23. The molecule has 2 rings (SSSR count). The number of nitrogens with two attached hydrogens (primary N) is 1. The molecule has 0 saturated carbocycles. The van der Waals surface area contributed by atoms with Crippen molar-refractivity contribution in [1.29, 1.82) is 0 Å². The van der Waals surface area contributed by atoms with Crippen molar-refractivity contribution in [3.05, 3.63) is 41.7 Å². The van der Waals surface area contributed by atoms with Crippen LogP contribution in [0.1, 0.15) is 17.3 Å². The minimum atomic E-state index is -0.0509. The molecule has 1 aromatic carbocycles. The molecule has 90 valence electrons. The highest BCUT2D eigenvalue weighted by Gasteiger charge is 2.15. The minimum absolute atomic E-state index is 0.0509. The van der Waals surface area contributed by atoms with E-state index in [1.54, 1.807) is 13.3 Å². The second kappa shape index (κ2) is 5.72. The van der Waals surface area contributed by atoms with Crippen LogP contribution in [0.3, 0.4) is 0 Å². The zero-order valence-corrected chi connectivity index (χ0v) is 10.3. The van der Waals surface area contributed by atoms with Crippen molar-refractivity contribution in [3.8, 4) is 5.75 Å². The van der Waals surface area contributed by atoms with Gasteiger partial charge < -0.3 is 4.74 Å². The lowest BCUT2D eigenvalue weighted by atomic mass is 10.0. The molecule has 0 fully saturated rings. The molecule has 1 aromatic heterocycles. The van der Waals surface area contributed by atoms with Crippen LogP contribution in [0.2, 0.25) is 0 Å². The Morgan fingerprint density at radius 3 is 2.94 bits per heavy atom. The molecule has 0 amide bonds. The second-order valence-electron chi connectivity index (χ2n) is 3.57. The maximum atomic E-state index is 5.55. The Bertz CT molecular complexity index is 460. The molecule has 0 aliphatic rings. The predicted octanol–water partition coefficient (Wildman–Crippen LogP) is 1.29. The van der Waals surface area contributed by atoms with Gasteiger partial charge in [0.1, 0.15) is 5.75 Å². The van der Waals surface area contributed by atoms with Crippen molar-refractivity contribution in [1.82, 2.24) is 14.2 Å². The maximum Gasteiger partial charge on any atom is 0.122 e. The first kappa shape index (κ1) is 12.0. The molecular formula is C11H14N4OS. The van der Waals surface area contributed by atoms with Crippen LogP contribution >= 0.6 is 11.7 Å². The highest BCUT2D eigenvalue weighted by atomic mass is 32.1. The molecule has 0 radical (unpaired) electrons. The zero-order valence-electron chi connectivity index (χ0n) is 9.46. The minimum Gasteiger partial charge on any atom is -0.496 e. The van der Waals surface area contributed by atoms with Gasteiger partial charge in [0.15, 0.2) is 0 Å². The summed E-state index contributed by atoms with van der Waals surface area (Å²) < 4.78 is 13.5. The molecule has 6 heteroatoms. The van der Waals surface area contributed by atoms with Gasteiger partial charge in [-0.2, -0.15) is 8.75 Å². The third-order valence-electron chi connectivity index (χ3n) is 2.55. The summed E-state index contributed by atoms with van der Waals surface area (Å²) in [4.78, 5) is 0. The number of nitrogens with one attached hydrogen (secondary N) is 1. The summed E-state index contributed by atoms with van der Waals surface area (Å²) in [6.07, 6.45) is 2.44. The average Bonchev–Trinajstić information content (AvgIpc) is 2.90. The number of methoxy groups -OCH3 is 1. The monoisotopic (exact) mass is 250 g/mol. The Morgan fingerprint density at radius 2 is 2.29 bits per heavy atom. The van der Waals surface area contributed by atoms with Gasteiger partial charge in [0.05, 0.1) is 36.8 Å². The van der Waals surface area contributed by atoms with Gasteiger partial charge in [-0.15, -0.1) is 0 Å². The Labute approximate surface area is 104 Å². The molecule has 3 N–H and O–H groups in total. The summed E-state index contributed by atoms with van der Waals surface area (Å²) in [6.45, 7) is 0. The first-order valence-electron chi connectivity index (χ1n) is 5.20. The van der Waals surface area contributed by atoms with E-state index in [9.17, 15) is 0 Å². The molecule has 17 heavy (non-hydrogen) atoms. The number of aromatic nitrogens is 2. The topological polar surface area (TPSA) is 73.1 Å². The van der Waals surface area contributed by atoms with Crippen LogP contribution in [-0.4, -0.2) is 15.9 Å². The third-order valence-corrected chi connectivity index (χ3v) is 3.05. The largest absolute Gasteiger partial charge is 0.496 e. The highest BCUT2D eigenvalue weighted by molar-refractivity contribution is 6.99. The lowest BCUT2D eigenvalue weighted by Crippen LogP contribution is -2.29. The van der Waals surface area contributed by atoms with Gasteiger partial charge in [0.2, 0.25) is 0 Å². The predicted molar refractivity (Wildman–Crippen MR) is 66.7 cm³/mol. The molecule has 0 saturated heterocycles. The van der Waals surface area contributed by atoms with Crippen LogP contribution in [0.25, 0.3) is 0 Å². The molecule has 0 aliphatic carbocycles. The molecule has 1 unspecified atom stereocenters. The molecule has 2 aromatic rings. The number of para-hydroxylation sites is 1. The van der Waals surface area contributed by atoms with E-state index >= 15 is 0 Å². The van der Waals surface area contributed by atoms with Crippen LogP contribution in [0.15, 0.2) is 30.5 Å². The Morgan fingerprint density at radius 1 is 1.47 bits per heavy atom. The fraction of sp³-hybridized carbons (Fsp3) is 0.273. The zero-order chi connectivity index (χ0) is 12.1.